The van der Waals surface area contributed by atoms with Crippen molar-refractivity contribution in [3.63, 3.8) is 0 Å². The summed E-state index contributed by atoms with van der Waals surface area (Å²) in [6.45, 7) is 3.89. The fourth-order valence-corrected chi connectivity index (χ4v) is 3.19. The Morgan fingerprint density at radius 1 is 1.24 bits per heavy atom. The molecule has 0 saturated heterocycles. The lowest BCUT2D eigenvalue weighted by atomic mass is 9.87. The van der Waals surface area contributed by atoms with Crippen LogP contribution in [0, 0.1) is 5.92 Å². The van der Waals surface area contributed by atoms with E-state index in [1.54, 1.807) is 13.8 Å². The van der Waals surface area contributed by atoms with Gasteiger partial charge in [-0.1, -0.05) is 12.1 Å². The van der Waals surface area contributed by atoms with E-state index in [9.17, 15) is 10.2 Å². The van der Waals surface area contributed by atoms with Crippen molar-refractivity contribution < 1.29 is 10.2 Å². The van der Waals surface area contributed by atoms with Crippen molar-refractivity contribution in [2.24, 2.45) is 5.92 Å². The number of nitrogens with zero attached hydrogens (tertiary/aromatic N) is 2. The Hall–Kier alpha value is -1.39. The van der Waals surface area contributed by atoms with Crippen LogP contribution in [0.2, 0.25) is 0 Å². The molecule has 1 aliphatic rings. The fourth-order valence-electron chi connectivity index (χ4n) is 3.19. The zero-order valence-corrected chi connectivity index (χ0v) is 12.8. The van der Waals surface area contributed by atoms with Gasteiger partial charge in [-0.15, -0.1) is 0 Å². The molecule has 1 aromatic carbocycles. The maximum absolute atomic E-state index is 10.1. The summed E-state index contributed by atoms with van der Waals surface area (Å²) < 4.78 is 2.08. The van der Waals surface area contributed by atoms with Crippen molar-refractivity contribution in [1.29, 1.82) is 0 Å². The van der Waals surface area contributed by atoms with Crippen molar-refractivity contribution >= 4 is 10.9 Å². The van der Waals surface area contributed by atoms with Gasteiger partial charge in [0.25, 0.3) is 0 Å². The smallest absolute Gasteiger partial charge is 0.0927 e. The molecule has 4 heteroatoms. The van der Waals surface area contributed by atoms with Crippen LogP contribution in [0.3, 0.4) is 0 Å². The van der Waals surface area contributed by atoms with Crippen LogP contribution >= 0.6 is 0 Å². The molecule has 0 unspecified atom stereocenters. The Labute approximate surface area is 125 Å². The largest absolute Gasteiger partial charge is 0.396 e. The summed E-state index contributed by atoms with van der Waals surface area (Å²) in [7, 11) is 0. The van der Waals surface area contributed by atoms with E-state index < -0.39 is 5.60 Å². The van der Waals surface area contributed by atoms with Crippen LogP contribution < -0.4 is 0 Å². The predicted octanol–water partition coefficient (Wildman–Crippen LogP) is 2.99. The molecule has 21 heavy (non-hydrogen) atoms. The van der Waals surface area contributed by atoms with Gasteiger partial charge in [0.2, 0.25) is 0 Å². The molecule has 0 aliphatic heterocycles. The van der Waals surface area contributed by atoms with E-state index >= 15 is 0 Å². The maximum atomic E-state index is 10.1. The lowest BCUT2D eigenvalue weighted by Gasteiger charge is -2.27. The van der Waals surface area contributed by atoms with E-state index in [4.69, 9.17) is 5.10 Å². The van der Waals surface area contributed by atoms with Crippen LogP contribution in [0.5, 0.6) is 0 Å². The maximum Gasteiger partial charge on any atom is 0.0927 e. The first kappa shape index (κ1) is 14.5. The van der Waals surface area contributed by atoms with E-state index in [-0.39, 0.29) is 0 Å². The molecule has 2 N–H and O–H groups in total. The second kappa shape index (κ2) is 5.43. The van der Waals surface area contributed by atoms with Gasteiger partial charge < -0.3 is 10.2 Å². The van der Waals surface area contributed by atoms with Crippen LogP contribution in [0.15, 0.2) is 24.4 Å². The summed E-state index contributed by atoms with van der Waals surface area (Å²) in [6.07, 6.45) is 6.42. The molecule has 0 radical (unpaired) electrons. The molecule has 114 valence electrons. The lowest BCUT2D eigenvalue weighted by Crippen LogP contribution is -2.20. The van der Waals surface area contributed by atoms with Gasteiger partial charge in [-0.3, -0.25) is 4.68 Å². The molecule has 2 aromatic rings. The molecular weight excluding hydrogens is 264 g/mol. The average molecular weight is 288 g/mol. The summed E-state index contributed by atoms with van der Waals surface area (Å²) in [5.74, 6) is 0.466. The number of rotatable bonds is 3. The first-order chi connectivity index (χ1) is 9.97. The molecule has 4 nitrogen and oxygen atoms in total. The monoisotopic (exact) mass is 288 g/mol. The standard InChI is InChI=1S/C17H24N2O2/c1-17(2,21)14-6-5-13-10-19(18-16(13)9-14)15-7-3-12(11-20)4-8-15/h5-6,9-10,12,15,20-21H,3-4,7-8,11H2,1-2H3. The zero-order valence-electron chi connectivity index (χ0n) is 12.8. The molecule has 1 aromatic heterocycles. The van der Waals surface area contributed by atoms with E-state index in [2.05, 4.69) is 10.9 Å². The lowest BCUT2D eigenvalue weighted by molar-refractivity contribution is 0.0787. The van der Waals surface area contributed by atoms with Gasteiger partial charge >= 0.3 is 0 Å². The molecule has 1 saturated carbocycles. The summed E-state index contributed by atoms with van der Waals surface area (Å²) >= 11 is 0. The van der Waals surface area contributed by atoms with Crippen LogP contribution in [-0.2, 0) is 5.60 Å². The van der Waals surface area contributed by atoms with E-state index in [1.807, 2.05) is 18.2 Å². The summed E-state index contributed by atoms with van der Waals surface area (Å²) in [5, 5.41) is 25.1. The van der Waals surface area contributed by atoms with Crippen molar-refractivity contribution in [1.82, 2.24) is 9.78 Å². The highest BCUT2D eigenvalue weighted by molar-refractivity contribution is 5.79. The van der Waals surface area contributed by atoms with Crippen molar-refractivity contribution in [3.05, 3.63) is 30.0 Å². The third-order valence-electron chi connectivity index (χ3n) is 4.68. The van der Waals surface area contributed by atoms with Crippen LogP contribution in [0.4, 0.5) is 0 Å². The highest BCUT2D eigenvalue weighted by atomic mass is 16.3. The van der Waals surface area contributed by atoms with Gasteiger partial charge in [-0.05, 0) is 57.1 Å². The van der Waals surface area contributed by atoms with E-state index in [0.29, 0.717) is 18.6 Å². The van der Waals surface area contributed by atoms with E-state index in [1.165, 1.54) is 0 Å². The van der Waals surface area contributed by atoms with Gasteiger partial charge in [0.15, 0.2) is 0 Å². The van der Waals surface area contributed by atoms with Gasteiger partial charge in [-0.2, -0.15) is 5.10 Å². The number of benzene rings is 1. The van der Waals surface area contributed by atoms with E-state index in [0.717, 1.165) is 42.1 Å². The first-order valence-electron chi connectivity index (χ1n) is 7.80. The highest BCUT2D eigenvalue weighted by Gasteiger charge is 2.23. The second-order valence-electron chi connectivity index (χ2n) is 6.80. The number of fused-ring (bicyclic) bond motifs is 1. The third-order valence-corrected chi connectivity index (χ3v) is 4.68. The average Bonchev–Trinajstić information content (AvgIpc) is 2.89. The number of aromatic nitrogens is 2. The molecular formula is C17H24N2O2. The molecule has 0 amide bonds. The van der Waals surface area contributed by atoms with Crippen LogP contribution in [-0.4, -0.2) is 26.6 Å². The molecule has 3 rings (SSSR count). The SMILES string of the molecule is CC(C)(O)c1ccc2cn(C3CCC(CO)CC3)nc2c1. The van der Waals surface area contributed by atoms with Crippen LogP contribution in [0.1, 0.15) is 51.1 Å². The molecule has 1 aliphatic carbocycles. The Balaban J connectivity index is 1.84. The van der Waals surface area contributed by atoms with Crippen molar-refractivity contribution in [3.8, 4) is 0 Å². The fraction of sp³-hybridized carbons (Fsp3) is 0.588. The van der Waals surface area contributed by atoms with Gasteiger partial charge in [0.1, 0.15) is 0 Å². The van der Waals surface area contributed by atoms with Gasteiger partial charge in [0, 0.05) is 18.2 Å². The number of hydrogen-bond donors (Lipinski definition) is 2. The minimum Gasteiger partial charge on any atom is -0.396 e. The molecule has 0 bridgehead atoms. The molecule has 1 heterocycles. The minimum absolute atomic E-state index is 0.308. The Morgan fingerprint density at radius 3 is 2.57 bits per heavy atom. The van der Waals surface area contributed by atoms with Crippen LogP contribution in [0.25, 0.3) is 10.9 Å². The highest BCUT2D eigenvalue weighted by Crippen LogP contribution is 2.33. The normalized spacial score (nSPS) is 23.6. The quantitative estimate of drug-likeness (QED) is 0.913. The van der Waals surface area contributed by atoms with Gasteiger partial charge in [-0.25, -0.2) is 0 Å². The molecule has 0 atom stereocenters. The summed E-state index contributed by atoms with van der Waals surface area (Å²) in [6, 6.07) is 6.42. The predicted molar refractivity (Wildman–Crippen MR) is 83.1 cm³/mol. The number of aliphatic hydroxyl groups excluding tert-OH is 1. The Kier molecular flexibility index (Phi) is 3.76. The summed E-state index contributed by atoms with van der Waals surface area (Å²) in [4.78, 5) is 0. The molecule has 0 spiro atoms. The van der Waals surface area contributed by atoms with Crippen molar-refractivity contribution in [2.45, 2.75) is 51.2 Å². The second-order valence-corrected chi connectivity index (χ2v) is 6.80. The van der Waals surface area contributed by atoms with Crippen molar-refractivity contribution in [2.75, 3.05) is 6.61 Å². The topological polar surface area (TPSA) is 58.3 Å². The number of aliphatic hydroxyl groups is 2. The summed E-state index contributed by atoms with van der Waals surface area (Å²) in [5.41, 5.74) is 1.00. The number of hydrogen-bond acceptors (Lipinski definition) is 3. The minimum atomic E-state index is -0.836. The zero-order chi connectivity index (χ0) is 15.0. The third kappa shape index (κ3) is 2.97. The molecule has 1 fully saturated rings. The first-order valence-corrected chi connectivity index (χ1v) is 7.80. The Morgan fingerprint density at radius 2 is 1.95 bits per heavy atom. The van der Waals surface area contributed by atoms with Gasteiger partial charge in [0.05, 0.1) is 17.2 Å². The Bertz CT molecular complexity index is 619.